The van der Waals surface area contributed by atoms with Crippen LogP contribution in [0.2, 0.25) is 0 Å². The maximum atomic E-state index is 13.1. The van der Waals surface area contributed by atoms with E-state index in [9.17, 15) is 4.79 Å². The first-order valence-electron chi connectivity index (χ1n) is 19.1. The zero-order valence-corrected chi connectivity index (χ0v) is 33.0. The number of anilines is 1. The SMILES string of the molecule is C1CCCC1.CCCC.CCCCC[C@H](C)CC.COC1=C(c2cc(C(=O)Nc3nc4ccc(C)cc4n3C)cc(C)n2)C(C)=[N+](C)CC1. The number of unbranched alkanes of at least 4 members (excludes halogenated alkanes) is 3. The lowest BCUT2D eigenvalue weighted by Gasteiger charge is -2.18. The van der Waals surface area contributed by atoms with E-state index in [-0.39, 0.29) is 5.91 Å². The second-order valence-electron chi connectivity index (χ2n) is 13.9. The number of fused-ring (bicyclic) bond motifs is 1. The molecule has 7 heteroatoms. The predicted molar refractivity (Wildman–Crippen MR) is 210 cm³/mol. The number of nitrogens with one attached hydrogen (secondary N) is 1. The summed E-state index contributed by atoms with van der Waals surface area (Å²) in [5, 5.41) is 2.96. The van der Waals surface area contributed by atoms with Gasteiger partial charge >= 0.3 is 0 Å². The van der Waals surface area contributed by atoms with E-state index in [0.717, 1.165) is 63.9 Å². The summed E-state index contributed by atoms with van der Waals surface area (Å²) in [5.41, 5.74) is 7.06. The number of pyridine rings is 1. The van der Waals surface area contributed by atoms with Gasteiger partial charge in [0.2, 0.25) is 5.95 Å². The molecule has 49 heavy (non-hydrogen) atoms. The van der Waals surface area contributed by atoms with Crippen molar-refractivity contribution in [1.29, 1.82) is 0 Å². The number of rotatable bonds is 10. The summed E-state index contributed by atoms with van der Waals surface area (Å²) in [6, 6.07) is 9.66. The molecular formula is C42H68N5O2+. The molecule has 1 aliphatic heterocycles. The summed E-state index contributed by atoms with van der Waals surface area (Å²) in [6.45, 7) is 18.1. The number of ether oxygens (including phenoxy) is 1. The number of allylic oxidation sites excluding steroid dienone is 1. The first-order valence-corrected chi connectivity index (χ1v) is 19.1. The summed E-state index contributed by atoms with van der Waals surface area (Å²) < 4.78 is 9.73. The number of nitrogens with zero attached hydrogens (tertiary/aromatic N) is 4. The smallest absolute Gasteiger partial charge is 0.258 e. The van der Waals surface area contributed by atoms with Crippen molar-refractivity contribution >= 4 is 34.2 Å². The van der Waals surface area contributed by atoms with Gasteiger partial charge in [0.25, 0.3) is 5.91 Å². The standard InChI is InChI=1S/C24H27N5O2.C9H20.C5H10.C4H10/c1-14-7-8-18-20(11-14)29(5)24(26-18)27-23(30)17-12-15(2)25-19(13-17)22-16(3)28(4)10-9-21(22)31-6;1-4-6-7-8-9(3)5-2;1-2-4-5-3-1;1-3-4-2/h7-8,11-13H,9-10H2,1-6H3;9H,4-8H2,1-3H3;1-5H2;3-4H2,1-2H3/p+1/t;9-;;/m.1../s1. The largest absolute Gasteiger partial charge is 0.500 e. The molecule has 272 valence electrons. The molecule has 0 saturated heterocycles. The quantitative estimate of drug-likeness (QED) is 0.172. The van der Waals surface area contributed by atoms with Gasteiger partial charge < -0.3 is 9.30 Å². The molecule has 2 aromatic heterocycles. The van der Waals surface area contributed by atoms with E-state index in [1.54, 1.807) is 13.2 Å². The zero-order chi connectivity index (χ0) is 36.3. The molecule has 0 bridgehead atoms. The Labute approximate surface area is 298 Å². The number of aromatic nitrogens is 3. The molecule has 7 nitrogen and oxygen atoms in total. The van der Waals surface area contributed by atoms with Crippen molar-refractivity contribution in [2.45, 2.75) is 139 Å². The zero-order valence-electron chi connectivity index (χ0n) is 33.0. The molecule has 1 aliphatic carbocycles. The molecule has 0 spiro atoms. The van der Waals surface area contributed by atoms with Crippen LogP contribution in [0, 0.1) is 19.8 Å². The van der Waals surface area contributed by atoms with Crippen molar-refractivity contribution in [2.24, 2.45) is 13.0 Å². The Kier molecular flexibility index (Phi) is 19.0. The van der Waals surface area contributed by atoms with E-state index >= 15 is 0 Å². The lowest BCUT2D eigenvalue weighted by Crippen LogP contribution is -2.25. The van der Waals surface area contributed by atoms with E-state index in [4.69, 9.17) is 9.72 Å². The molecule has 1 saturated carbocycles. The van der Waals surface area contributed by atoms with Crippen LogP contribution in [-0.2, 0) is 11.8 Å². The van der Waals surface area contributed by atoms with E-state index in [0.29, 0.717) is 11.5 Å². The molecule has 3 aromatic rings. The van der Waals surface area contributed by atoms with Crippen LogP contribution in [0.5, 0.6) is 0 Å². The number of imidazole rings is 1. The second-order valence-corrected chi connectivity index (χ2v) is 13.9. The summed E-state index contributed by atoms with van der Waals surface area (Å²) in [6.07, 6.45) is 17.9. The Bertz CT molecular complexity index is 1500. The highest BCUT2D eigenvalue weighted by atomic mass is 16.5. The summed E-state index contributed by atoms with van der Waals surface area (Å²) >= 11 is 0. The van der Waals surface area contributed by atoms with Crippen LogP contribution in [0.4, 0.5) is 5.95 Å². The maximum Gasteiger partial charge on any atom is 0.258 e. The molecule has 0 radical (unpaired) electrons. The van der Waals surface area contributed by atoms with E-state index in [1.165, 1.54) is 77.0 Å². The third-order valence-corrected chi connectivity index (χ3v) is 9.61. The minimum atomic E-state index is -0.219. The molecule has 0 unspecified atom stereocenters. The molecular weight excluding hydrogens is 606 g/mol. The first-order chi connectivity index (χ1) is 23.5. The Morgan fingerprint density at radius 2 is 1.59 bits per heavy atom. The average Bonchev–Trinajstić information content (AvgIpc) is 3.78. The number of methoxy groups -OCH3 is 1. The fourth-order valence-corrected chi connectivity index (χ4v) is 5.83. The van der Waals surface area contributed by atoms with E-state index in [2.05, 4.69) is 69.5 Å². The van der Waals surface area contributed by atoms with Crippen LogP contribution < -0.4 is 5.32 Å². The topological polar surface area (TPSA) is 72.0 Å². The Balaban J connectivity index is 0.000000378. The molecule has 5 rings (SSSR count). The van der Waals surface area contributed by atoms with Crippen LogP contribution in [-0.4, -0.2) is 51.4 Å². The summed E-state index contributed by atoms with van der Waals surface area (Å²) in [4.78, 5) is 22.4. The minimum absolute atomic E-state index is 0.219. The normalized spacial score (nSPS) is 14.7. The number of hydrogen-bond donors (Lipinski definition) is 1. The number of aryl methyl sites for hydroxylation is 3. The molecule has 1 aromatic carbocycles. The second kappa shape index (κ2) is 22.3. The fraction of sp³-hybridized carbons (Fsp3) is 0.619. The van der Waals surface area contributed by atoms with Crippen LogP contribution in [0.25, 0.3) is 16.6 Å². The lowest BCUT2D eigenvalue weighted by atomic mass is 9.99. The van der Waals surface area contributed by atoms with Gasteiger partial charge in [-0.15, -0.1) is 0 Å². The average molecular weight is 675 g/mol. The van der Waals surface area contributed by atoms with Crippen molar-refractivity contribution in [1.82, 2.24) is 14.5 Å². The first kappa shape index (κ1) is 41.7. The van der Waals surface area contributed by atoms with Crippen molar-refractivity contribution < 1.29 is 14.1 Å². The minimum Gasteiger partial charge on any atom is -0.500 e. The van der Waals surface area contributed by atoms with Gasteiger partial charge in [-0.25, -0.2) is 9.56 Å². The van der Waals surface area contributed by atoms with Crippen molar-refractivity contribution in [2.75, 3.05) is 26.0 Å². The van der Waals surface area contributed by atoms with Gasteiger partial charge in [-0.05, 0) is 49.6 Å². The third-order valence-electron chi connectivity index (χ3n) is 9.61. The molecule has 1 N–H and O–H groups in total. The van der Waals surface area contributed by atoms with Crippen LogP contribution >= 0.6 is 0 Å². The highest BCUT2D eigenvalue weighted by Crippen LogP contribution is 2.27. The van der Waals surface area contributed by atoms with E-state index in [1.807, 2.05) is 43.7 Å². The molecule has 1 fully saturated rings. The molecule has 2 aliphatic rings. The summed E-state index contributed by atoms with van der Waals surface area (Å²) in [7, 11) is 5.64. The highest BCUT2D eigenvalue weighted by molar-refractivity contribution is 6.21. The number of amides is 1. The number of carbonyl (C=O) groups excluding carboxylic acids is 1. The van der Waals surface area contributed by atoms with Gasteiger partial charge in [0.15, 0.2) is 5.71 Å². The Hall–Kier alpha value is -3.48. The monoisotopic (exact) mass is 675 g/mol. The van der Waals surface area contributed by atoms with Gasteiger partial charge in [-0.1, -0.05) is 118 Å². The van der Waals surface area contributed by atoms with Crippen molar-refractivity contribution in [3.8, 4) is 0 Å². The number of hydrogen-bond acceptors (Lipinski definition) is 4. The van der Waals surface area contributed by atoms with Gasteiger partial charge in [0, 0.05) is 25.2 Å². The van der Waals surface area contributed by atoms with Crippen molar-refractivity contribution in [3.05, 3.63) is 58.6 Å². The number of benzene rings is 1. The van der Waals surface area contributed by atoms with Gasteiger partial charge in [0.1, 0.15) is 24.9 Å². The summed E-state index contributed by atoms with van der Waals surface area (Å²) in [5.74, 6) is 2.14. The number of carbonyl (C=O) groups is 1. The Morgan fingerprint density at radius 1 is 0.939 bits per heavy atom. The van der Waals surface area contributed by atoms with Gasteiger partial charge in [-0.2, -0.15) is 0 Å². The molecule has 3 heterocycles. The Morgan fingerprint density at radius 3 is 2.16 bits per heavy atom. The van der Waals surface area contributed by atoms with Crippen LogP contribution in [0.1, 0.15) is 152 Å². The third kappa shape index (κ3) is 13.4. The van der Waals surface area contributed by atoms with Crippen LogP contribution in [0.15, 0.2) is 36.1 Å². The predicted octanol–water partition coefficient (Wildman–Crippen LogP) is 11.1. The molecule has 1 atom stereocenters. The lowest BCUT2D eigenvalue weighted by molar-refractivity contribution is -0.497. The van der Waals surface area contributed by atoms with Gasteiger partial charge in [-0.3, -0.25) is 15.1 Å². The van der Waals surface area contributed by atoms with Crippen molar-refractivity contribution in [3.63, 3.8) is 0 Å². The fourth-order valence-electron chi connectivity index (χ4n) is 5.83. The van der Waals surface area contributed by atoms with Crippen LogP contribution in [0.3, 0.4) is 0 Å². The molecule has 1 amide bonds. The van der Waals surface area contributed by atoms with Gasteiger partial charge in [0.05, 0.1) is 30.3 Å². The van der Waals surface area contributed by atoms with E-state index < -0.39 is 0 Å². The maximum absolute atomic E-state index is 13.1. The highest BCUT2D eigenvalue weighted by Gasteiger charge is 2.27.